The van der Waals surface area contributed by atoms with Gasteiger partial charge in [0, 0.05) is 19.6 Å². The minimum absolute atomic E-state index is 0.619. The largest absolute Gasteiger partial charge is 0.494 e. The zero-order chi connectivity index (χ0) is 15.2. The van der Waals surface area contributed by atoms with Gasteiger partial charge in [-0.15, -0.1) is 0 Å². The van der Waals surface area contributed by atoms with E-state index in [9.17, 15) is 0 Å². The van der Waals surface area contributed by atoms with Crippen LogP contribution in [-0.2, 0) is 14.2 Å². The maximum Gasteiger partial charge on any atom is 0.119 e. The molecule has 0 saturated heterocycles. The Hall–Kier alpha value is -1.10. The normalized spacial score (nSPS) is 10.8. The van der Waals surface area contributed by atoms with Gasteiger partial charge < -0.3 is 18.9 Å². The fourth-order valence-electron chi connectivity index (χ4n) is 1.67. The Bertz CT molecular complexity index is 337. The molecule has 1 aromatic carbocycles. The van der Waals surface area contributed by atoms with Gasteiger partial charge in [0.25, 0.3) is 0 Å². The summed E-state index contributed by atoms with van der Waals surface area (Å²) in [5.74, 6) is 0.913. The molecule has 120 valence electrons. The molecule has 0 aromatic heterocycles. The smallest absolute Gasteiger partial charge is 0.119 e. The summed E-state index contributed by atoms with van der Waals surface area (Å²) in [6.07, 6.45) is 1.93. The van der Waals surface area contributed by atoms with E-state index in [1.165, 1.54) is 5.56 Å². The van der Waals surface area contributed by atoms with Gasteiger partial charge in [-0.05, 0) is 25.5 Å². The monoisotopic (exact) mass is 296 g/mol. The summed E-state index contributed by atoms with van der Waals surface area (Å²) >= 11 is 0. The van der Waals surface area contributed by atoms with Crippen LogP contribution in [0.1, 0.15) is 25.3 Å². The van der Waals surface area contributed by atoms with Gasteiger partial charge in [-0.1, -0.05) is 24.6 Å². The number of benzene rings is 1. The van der Waals surface area contributed by atoms with E-state index in [0.717, 1.165) is 25.2 Å². The van der Waals surface area contributed by atoms with Crippen molar-refractivity contribution in [2.24, 2.45) is 0 Å². The summed E-state index contributed by atoms with van der Waals surface area (Å²) in [5.41, 5.74) is 1.24. The third-order valence-corrected chi connectivity index (χ3v) is 2.82. The molecule has 0 saturated carbocycles. The van der Waals surface area contributed by atoms with Crippen molar-refractivity contribution in [1.82, 2.24) is 0 Å². The number of rotatable bonds is 13. The first-order valence-electron chi connectivity index (χ1n) is 7.75. The van der Waals surface area contributed by atoms with E-state index in [0.29, 0.717) is 39.6 Å². The lowest BCUT2D eigenvalue weighted by molar-refractivity contribution is 0.0129. The van der Waals surface area contributed by atoms with Crippen LogP contribution in [0.2, 0.25) is 0 Å². The molecule has 1 aromatic rings. The Labute approximate surface area is 128 Å². The van der Waals surface area contributed by atoms with Crippen LogP contribution in [0.5, 0.6) is 5.75 Å². The van der Waals surface area contributed by atoms with E-state index in [1.807, 2.05) is 24.3 Å². The van der Waals surface area contributed by atoms with E-state index in [4.69, 9.17) is 18.9 Å². The van der Waals surface area contributed by atoms with E-state index in [2.05, 4.69) is 13.8 Å². The second kappa shape index (κ2) is 12.6. The van der Waals surface area contributed by atoms with Crippen LogP contribution in [0.25, 0.3) is 0 Å². The predicted octanol–water partition coefficient (Wildman–Crippen LogP) is 3.22. The van der Waals surface area contributed by atoms with Gasteiger partial charge in [0.05, 0.1) is 33.0 Å². The SMILES string of the molecule is CCCOCCOCCOCCCOc1ccc(C)cc1. The van der Waals surface area contributed by atoms with Gasteiger partial charge in [-0.25, -0.2) is 0 Å². The van der Waals surface area contributed by atoms with Crippen molar-refractivity contribution in [1.29, 1.82) is 0 Å². The lowest BCUT2D eigenvalue weighted by Crippen LogP contribution is -2.11. The highest BCUT2D eigenvalue weighted by molar-refractivity contribution is 5.26. The van der Waals surface area contributed by atoms with Crippen molar-refractivity contribution < 1.29 is 18.9 Å². The molecular formula is C17H28O4. The minimum Gasteiger partial charge on any atom is -0.494 e. The van der Waals surface area contributed by atoms with Crippen molar-refractivity contribution in [3.63, 3.8) is 0 Å². The highest BCUT2D eigenvalue weighted by Crippen LogP contribution is 2.11. The van der Waals surface area contributed by atoms with Crippen LogP contribution >= 0.6 is 0 Å². The molecule has 0 fully saturated rings. The second-order valence-electron chi connectivity index (χ2n) is 4.85. The summed E-state index contributed by atoms with van der Waals surface area (Å²) < 4.78 is 21.8. The summed E-state index contributed by atoms with van der Waals surface area (Å²) in [6, 6.07) is 8.08. The average molecular weight is 296 g/mol. The summed E-state index contributed by atoms with van der Waals surface area (Å²) in [7, 11) is 0. The van der Waals surface area contributed by atoms with E-state index in [-0.39, 0.29) is 0 Å². The molecule has 0 radical (unpaired) electrons. The number of ether oxygens (including phenoxy) is 4. The summed E-state index contributed by atoms with van der Waals surface area (Å²) in [6.45, 7) is 8.88. The van der Waals surface area contributed by atoms with Crippen LogP contribution in [0.15, 0.2) is 24.3 Å². The lowest BCUT2D eigenvalue weighted by atomic mass is 10.2. The Morgan fingerprint density at radius 1 is 0.714 bits per heavy atom. The fourth-order valence-corrected chi connectivity index (χ4v) is 1.67. The standard InChI is InChI=1S/C17H28O4/c1-3-9-18-12-14-20-15-13-19-10-4-11-21-17-7-5-16(2)6-8-17/h5-8H,3-4,9-15H2,1-2H3. The third kappa shape index (κ3) is 10.3. The van der Waals surface area contributed by atoms with Gasteiger partial charge in [-0.3, -0.25) is 0 Å². The van der Waals surface area contributed by atoms with Crippen LogP contribution in [0.4, 0.5) is 0 Å². The molecular weight excluding hydrogens is 268 g/mol. The molecule has 0 bridgehead atoms. The third-order valence-electron chi connectivity index (χ3n) is 2.82. The molecule has 0 atom stereocenters. The Balaban J connectivity index is 1.81. The first-order valence-corrected chi connectivity index (χ1v) is 7.75. The second-order valence-corrected chi connectivity index (χ2v) is 4.85. The van der Waals surface area contributed by atoms with Crippen molar-refractivity contribution in [3.8, 4) is 5.75 Å². The van der Waals surface area contributed by atoms with E-state index >= 15 is 0 Å². The zero-order valence-electron chi connectivity index (χ0n) is 13.3. The molecule has 0 N–H and O–H groups in total. The summed E-state index contributed by atoms with van der Waals surface area (Å²) in [4.78, 5) is 0. The predicted molar refractivity (Wildman–Crippen MR) is 84.0 cm³/mol. The van der Waals surface area contributed by atoms with Gasteiger partial charge in [0.1, 0.15) is 5.75 Å². The van der Waals surface area contributed by atoms with Crippen molar-refractivity contribution >= 4 is 0 Å². The maximum atomic E-state index is 5.62. The van der Waals surface area contributed by atoms with Gasteiger partial charge in [0.2, 0.25) is 0 Å². The highest BCUT2D eigenvalue weighted by atomic mass is 16.5. The van der Waals surface area contributed by atoms with Crippen LogP contribution in [-0.4, -0.2) is 46.2 Å². The van der Waals surface area contributed by atoms with E-state index in [1.54, 1.807) is 0 Å². The maximum absolute atomic E-state index is 5.62. The Morgan fingerprint density at radius 2 is 1.29 bits per heavy atom. The number of hydrogen-bond acceptors (Lipinski definition) is 4. The molecule has 4 nitrogen and oxygen atoms in total. The molecule has 0 aliphatic carbocycles. The molecule has 0 spiro atoms. The molecule has 4 heteroatoms. The molecule has 0 amide bonds. The van der Waals surface area contributed by atoms with Crippen LogP contribution < -0.4 is 4.74 Å². The van der Waals surface area contributed by atoms with Crippen LogP contribution in [0.3, 0.4) is 0 Å². The lowest BCUT2D eigenvalue weighted by Gasteiger charge is -2.08. The molecule has 21 heavy (non-hydrogen) atoms. The zero-order valence-corrected chi connectivity index (χ0v) is 13.3. The minimum atomic E-state index is 0.619. The molecule has 0 unspecified atom stereocenters. The van der Waals surface area contributed by atoms with Crippen molar-refractivity contribution in [2.45, 2.75) is 26.7 Å². The summed E-state index contributed by atoms with van der Waals surface area (Å²) in [5, 5.41) is 0. The number of hydrogen-bond donors (Lipinski definition) is 0. The molecule has 0 aliphatic heterocycles. The number of aryl methyl sites for hydroxylation is 1. The first kappa shape index (κ1) is 18.0. The quantitative estimate of drug-likeness (QED) is 0.524. The Morgan fingerprint density at radius 3 is 1.90 bits per heavy atom. The Kier molecular flexibility index (Phi) is 10.8. The van der Waals surface area contributed by atoms with Crippen LogP contribution in [0, 0.1) is 6.92 Å². The van der Waals surface area contributed by atoms with Gasteiger partial charge >= 0.3 is 0 Å². The fraction of sp³-hybridized carbons (Fsp3) is 0.647. The van der Waals surface area contributed by atoms with Gasteiger partial charge in [0.15, 0.2) is 0 Å². The van der Waals surface area contributed by atoms with Crippen molar-refractivity contribution in [3.05, 3.63) is 29.8 Å². The molecule has 1 rings (SSSR count). The van der Waals surface area contributed by atoms with Crippen molar-refractivity contribution in [2.75, 3.05) is 46.2 Å². The molecule has 0 heterocycles. The topological polar surface area (TPSA) is 36.9 Å². The molecule has 0 aliphatic rings. The van der Waals surface area contributed by atoms with Gasteiger partial charge in [-0.2, -0.15) is 0 Å². The first-order chi connectivity index (χ1) is 10.3. The van der Waals surface area contributed by atoms with E-state index < -0.39 is 0 Å². The average Bonchev–Trinajstić information content (AvgIpc) is 2.50. The highest BCUT2D eigenvalue weighted by Gasteiger charge is 1.94.